The van der Waals surface area contributed by atoms with E-state index in [1.54, 1.807) is 19.4 Å². The molecule has 1 aromatic carbocycles. The average Bonchev–Trinajstić information content (AvgIpc) is 2.62. The van der Waals surface area contributed by atoms with Gasteiger partial charge in [-0.05, 0) is 38.5 Å². The fourth-order valence-electron chi connectivity index (χ4n) is 2.88. The van der Waals surface area contributed by atoms with Gasteiger partial charge >= 0.3 is 0 Å². The van der Waals surface area contributed by atoms with Crippen LogP contribution in [0.3, 0.4) is 0 Å². The number of pyridine rings is 1. The van der Waals surface area contributed by atoms with Crippen molar-refractivity contribution in [1.29, 1.82) is 0 Å². The van der Waals surface area contributed by atoms with E-state index in [1.807, 2.05) is 45.0 Å². The zero-order valence-corrected chi connectivity index (χ0v) is 15.2. The average molecular weight is 351 g/mol. The summed E-state index contributed by atoms with van der Waals surface area (Å²) in [5.41, 5.74) is 2.95. The third-order valence-corrected chi connectivity index (χ3v) is 4.29. The van der Waals surface area contributed by atoms with Crippen molar-refractivity contribution in [1.82, 2.24) is 14.7 Å². The molecule has 2 heterocycles. The molecule has 0 fully saturated rings. The van der Waals surface area contributed by atoms with Crippen LogP contribution in [0.4, 0.5) is 0 Å². The molecule has 3 rings (SSSR count). The molecule has 0 saturated carbocycles. The minimum Gasteiger partial charge on any atom is -0.496 e. The standard InChI is InChI=1S/C20H21N3O3/c1-12-5-7-17(26-4)15(9-12)14(3)22-19(24)16-10-21-18-8-6-13(2)11-23(18)20(16)25/h5-11,14H,1-4H3,(H,22,24). The number of benzene rings is 1. The minimum atomic E-state index is -0.463. The third kappa shape index (κ3) is 3.31. The molecule has 0 bridgehead atoms. The maximum absolute atomic E-state index is 12.7. The molecule has 1 unspecified atom stereocenters. The van der Waals surface area contributed by atoms with Crippen molar-refractivity contribution in [3.8, 4) is 5.75 Å². The first-order chi connectivity index (χ1) is 12.4. The molecular formula is C20H21N3O3. The number of amides is 1. The van der Waals surface area contributed by atoms with Crippen LogP contribution in [-0.2, 0) is 0 Å². The van der Waals surface area contributed by atoms with Crippen LogP contribution in [0.25, 0.3) is 5.65 Å². The quantitative estimate of drug-likeness (QED) is 0.784. The van der Waals surface area contributed by atoms with Crippen LogP contribution in [0, 0.1) is 13.8 Å². The molecule has 134 valence electrons. The molecular weight excluding hydrogens is 330 g/mol. The highest BCUT2D eigenvalue weighted by atomic mass is 16.5. The molecule has 26 heavy (non-hydrogen) atoms. The van der Waals surface area contributed by atoms with Gasteiger partial charge in [-0.3, -0.25) is 14.0 Å². The Bertz CT molecular complexity index is 1040. The van der Waals surface area contributed by atoms with Crippen LogP contribution in [0.1, 0.15) is 40.0 Å². The lowest BCUT2D eigenvalue weighted by molar-refractivity contribution is 0.0937. The second-order valence-corrected chi connectivity index (χ2v) is 6.35. The van der Waals surface area contributed by atoms with Crippen molar-refractivity contribution in [2.24, 2.45) is 0 Å². The van der Waals surface area contributed by atoms with Gasteiger partial charge in [0.15, 0.2) is 0 Å². The Morgan fingerprint density at radius 2 is 1.92 bits per heavy atom. The lowest BCUT2D eigenvalue weighted by Gasteiger charge is -2.18. The molecule has 0 aliphatic heterocycles. The van der Waals surface area contributed by atoms with Crippen LogP contribution >= 0.6 is 0 Å². The Hall–Kier alpha value is -3.15. The second kappa shape index (κ2) is 7.00. The van der Waals surface area contributed by atoms with E-state index in [1.165, 1.54) is 10.6 Å². The van der Waals surface area contributed by atoms with E-state index in [9.17, 15) is 9.59 Å². The summed E-state index contributed by atoms with van der Waals surface area (Å²) in [6.07, 6.45) is 3.00. The van der Waals surface area contributed by atoms with E-state index < -0.39 is 5.91 Å². The van der Waals surface area contributed by atoms with Gasteiger partial charge in [0.05, 0.1) is 13.2 Å². The maximum atomic E-state index is 12.7. The number of ether oxygens (including phenoxy) is 1. The number of nitrogens with zero attached hydrogens (tertiary/aromatic N) is 2. The number of rotatable bonds is 4. The van der Waals surface area contributed by atoms with E-state index >= 15 is 0 Å². The lowest BCUT2D eigenvalue weighted by atomic mass is 10.0. The van der Waals surface area contributed by atoms with Gasteiger partial charge in [-0.2, -0.15) is 0 Å². The number of hydrogen-bond donors (Lipinski definition) is 1. The molecule has 0 aliphatic rings. The lowest BCUT2D eigenvalue weighted by Crippen LogP contribution is -2.33. The number of carbonyl (C=O) groups is 1. The molecule has 0 aliphatic carbocycles. The van der Waals surface area contributed by atoms with Gasteiger partial charge in [0, 0.05) is 18.0 Å². The summed E-state index contributed by atoms with van der Waals surface area (Å²) in [6.45, 7) is 5.70. The Balaban J connectivity index is 1.93. The Labute approximate surface area is 151 Å². The number of carbonyl (C=O) groups excluding carboxylic acids is 1. The monoisotopic (exact) mass is 351 g/mol. The Kier molecular flexibility index (Phi) is 4.75. The van der Waals surface area contributed by atoms with E-state index in [0.29, 0.717) is 11.4 Å². The van der Waals surface area contributed by atoms with Crippen molar-refractivity contribution < 1.29 is 9.53 Å². The highest BCUT2D eigenvalue weighted by molar-refractivity contribution is 5.94. The zero-order valence-electron chi connectivity index (χ0n) is 15.2. The van der Waals surface area contributed by atoms with Crippen LogP contribution in [0.2, 0.25) is 0 Å². The van der Waals surface area contributed by atoms with Gasteiger partial charge < -0.3 is 10.1 Å². The van der Waals surface area contributed by atoms with Crippen molar-refractivity contribution >= 4 is 11.6 Å². The summed E-state index contributed by atoms with van der Waals surface area (Å²) >= 11 is 0. The van der Waals surface area contributed by atoms with Gasteiger partial charge in [-0.1, -0.05) is 23.8 Å². The molecule has 2 aromatic heterocycles. The maximum Gasteiger partial charge on any atom is 0.270 e. The fourth-order valence-corrected chi connectivity index (χ4v) is 2.88. The molecule has 0 saturated heterocycles. The number of aromatic nitrogens is 2. The normalized spacial score (nSPS) is 12.0. The topological polar surface area (TPSA) is 72.7 Å². The first kappa shape index (κ1) is 17.7. The van der Waals surface area contributed by atoms with E-state index in [0.717, 1.165) is 16.7 Å². The number of nitrogens with one attached hydrogen (secondary N) is 1. The van der Waals surface area contributed by atoms with Crippen molar-refractivity contribution in [2.75, 3.05) is 7.11 Å². The van der Waals surface area contributed by atoms with Gasteiger partial charge in [0.25, 0.3) is 11.5 Å². The number of hydrogen-bond acceptors (Lipinski definition) is 4. The molecule has 1 amide bonds. The second-order valence-electron chi connectivity index (χ2n) is 6.35. The van der Waals surface area contributed by atoms with Gasteiger partial charge in [-0.25, -0.2) is 4.98 Å². The summed E-state index contributed by atoms with van der Waals surface area (Å²) in [5, 5.41) is 2.86. The van der Waals surface area contributed by atoms with E-state index in [4.69, 9.17) is 4.74 Å². The molecule has 6 heteroatoms. The summed E-state index contributed by atoms with van der Waals surface area (Å²) in [7, 11) is 1.59. The molecule has 6 nitrogen and oxygen atoms in total. The van der Waals surface area contributed by atoms with Crippen LogP contribution in [-0.4, -0.2) is 22.4 Å². The smallest absolute Gasteiger partial charge is 0.270 e. The van der Waals surface area contributed by atoms with Gasteiger partial charge in [0.2, 0.25) is 0 Å². The van der Waals surface area contributed by atoms with Crippen molar-refractivity contribution in [3.63, 3.8) is 0 Å². The molecule has 1 N–H and O–H groups in total. The van der Waals surface area contributed by atoms with E-state index in [-0.39, 0.29) is 17.2 Å². The predicted molar refractivity (Wildman–Crippen MR) is 99.8 cm³/mol. The van der Waals surface area contributed by atoms with Crippen LogP contribution < -0.4 is 15.6 Å². The number of aryl methyl sites for hydroxylation is 2. The van der Waals surface area contributed by atoms with Crippen LogP contribution in [0.5, 0.6) is 5.75 Å². The highest BCUT2D eigenvalue weighted by Gasteiger charge is 2.18. The molecule has 1 atom stereocenters. The molecule has 0 radical (unpaired) electrons. The molecule has 3 aromatic rings. The van der Waals surface area contributed by atoms with Crippen molar-refractivity contribution in [2.45, 2.75) is 26.8 Å². The largest absolute Gasteiger partial charge is 0.496 e. The van der Waals surface area contributed by atoms with Gasteiger partial charge in [-0.15, -0.1) is 0 Å². The Morgan fingerprint density at radius 1 is 1.19 bits per heavy atom. The number of fused-ring (bicyclic) bond motifs is 1. The fraction of sp³-hybridized carbons (Fsp3) is 0.250. The Morgan fingerprint density at radius 3 is 2.65 bits per heavy atom. The first-order valence-electron chi connectivity index (χ1n) is 8.34. The van der Waals surface area contributed by atoms with Crippen LogP contribution in [0.15, 0.2) is 47.5 Å². The minimum absolute atomic E-state index is 0.00608. The summed E-state index contributed by atoms with van der Waals surface area (Å²) in [5.74, 6) is 0.224. The van der Waals surface area contributed by atoms with Crippen molar-refractivity contribution in [3.05, 3.63) is 75.3 Å². The summed E-state index contributed by atoms with van der Waals surface area (Å²) in [6, 6.07) is 9.06. The summed E-state index contributed by atoms with van der Waals surface area (Å²) in [4.78, 5) is 29.5. The predicted octanol–water partition coefficient (Wildman–Crippen LogP) is 2.81. The SMILES string of the molecule is COc1ccc(C)cc1C(C)NC(=O)c1cnc2ccc(C)cn2c1=O. The molecule has 0 spiro atoms. The van der Waals surface area contributed by atoms with E-state index in [2.05, 4.69) is 10.3 Å². The zero-order chi connectivity index (χ0) is 18.8. The third-order valence-electron chi connectivity index (χ3n) is 4.29. The highest BCUT2D eigenvalue weighted by Crippen LogP contribution is 2.26. The first-order valence-corrected chi connectivity index (χ1v) is 8.34. The summed E-state index contributed by atoms with van der Waals surface area (Å²) < 4.78 is 6.76. The van der Waals surface area contributed by atoms with Gasteiger partial charge in [0.1, 0.15) is 17.0 Å². The number of methoxy groups -OCH3 is 1.